The standard InChI is InChI=1S/C9H16N4O2/c1-7(2)13(4-3-5-14)9(15)8-6-10-12-11-8/h6-7,14H,3-5H2,1-2H3,(H,10,11,12). The van der Waals surface area contributed by atoms with Crippen molar-refractivity contribution < 1.29 is 9.90 Å². The van der Waals surface area contributed by atoms with Crippen LogP contribution in [0.1, 0.15) is 30.8 Å². The van der Waals surface area contributed by atoms with Gasteiger partial charge in [0.05, 0.1) is 6.20 Å². The molecule has 0 spiro atoms. The average Bonchev–Trinajstić information content (AvgIpc) is 2.70. The summed E-state index contributed by atoms with van der Waals surface area (Å²) in [5.74, 6) is -0.160. The molecule has 0 unspecified atom stereocenters. The van der Waals surface area contributed by atoms with Crippen LogP contribution < -0.4 is 0 Å². The molecule has 0 atom stereocenters. The Hall–Kier alpha value is -1.43. The zero-order valence-corrected chi connectivity index (χ0v) is 8.97. The molecule has 0 fully saturated rings. The van der Waals surface area contributed by atoms with Crippen molar-refractivity contribution in [1.29, 1.82) is 0 Å². The molecule has 0 saturated heterocycles. The van der Waals surface area contributed by atoms with Crippen LogP contribution in [-0.2, 0) is 0 Å². The zero-order valence-electron chi connectivity index (χ0n) is 8.97. The van der Waals surface area contributed by atoms with Crippen molar-refractivity contribution in [2.24, 2.45) is 0 Å². The Morgan fingerprint density at radius 1 is 1.67 bits per heavy atom. The highest BCUT2D eigenvalue weighted by Gasteiger charge is 2.19. The van der Waals surface area contributed by atoms with Crippen LogP contribution in [0.2, 0.25) is 0 Å². The maximum atomic E-state index is 11.9. The minimum absolute atomic E-state index is 0.0787. The van der Waals surface area contributed by atoms with Crippen molar-refractivity contribution in [1.82, 2.24) is 20.3 Å². The highest BCUT2D eigenvalue weighted by Crippen LogP contribution is 2.05. The van der Waals surface area contributed by atoms with Gasteiger partial charge < -0.3 is 10.0 Å². The topological polar surface area (TPSA) is 82.1 Å². The van der Waals surface area contributed by atoms with E-state index in [-0.39, 0.29) is 18.6 Å². The van der Waals surface area contributed by atoms with Crippen LogP contribution in [0.3, 0.4) is 0 Å². The lowest BCUT2D eigenvalue weighted by atomic mass is 10.2. The Morgan fingerprint density at radius 2 is 2.40 bits per heavy atom. The van der Waals surface area contributed by atoms with Gasteiger partial charge in [-0.15, -0.1) is 0 Å². The number of carbonyl (C=O) groups excluding carboxylic acids is 1. The third-order valence-electron chi connectivity index (χ3n) is 2.08. The van der Waals surface area contributed by atoms with Crippen LogP contribution in [0.25, 0.3) is 0 Å². The molecular weight excluding hydrogens is 196 g/mol. The van der Waals surface area contributed by atoms with E-state index < -0.39 is 0 Å². The molecule has 84 valence electrons. The number of rotatable bonds is 5. The monoisotopic (exact) mass is 212 g/mol. The summed E-state index contributed by atoms with van der Waals surface area (Å²) in [6.07, 6.45) is 1.97. The maximum absolute atomic E-state index is 11.9. The maximum Gasteiger partial charge on any atom is 0.276 e. The fourth-order valence-corrected chi connectivity index (χ4v) is 1.29. The number of aromatic amines is 1. The Morgan fingerprint density at radius 3 is 2.87 bits per heavy atom. The molecule has 1 amide bonds. The van der Waals surface area contributed by atoms with Gasteiger partial charge >= 0.3 is 0 Å². The third kappa shape index (κ3) is 3.02. The predicted octanol–water partition coefficient (Wildman–Crippen LogP) is 0.0377. The molecule has 0 bridgehead atoms. The molecule has 0 aliphatic carbocycles. The summed E-state index contributed by atoms with van der Waals surface area (Å²) < 4.78 is 0. The quantitative estimate of drug-likeness (QED) is 0.721. The summed E-state index contributed by atoms with van der Waals surface area (Å²) in [5, 5.41) is 18.5. The van der Waals surface area contributed by atoms with Crippen molar-refractivity contribution in [3.63, 3.8) is 0 Å². The Labute approximate surface area is 88.3 Å². The smallest absolute Gasteiger partial charge is 0.276 e. The second-order valence-electron chi connectivity index (χ2n) is 3.52. The normalized spacial score (nSPS) is 10.7. The number of aromatic nitrogens is 3. The van der Waals surface area contributed by atoms with Crippen LogP contribution in [0.5, 0.6) is 0 Å². The summed E-state index contributed by atoms with van der Waals surface area (Å²) in [5.41, 5.74) is 0.307. The van der Waals surface area contributed by atoms with Crippen LogP contribution >= 0.6 is 0 Å². The number of hydrogen-bond acceptors (Lipinski definition) is 4. The summed E-state index contributed by atoms with van der Waals surface area (Å²) in [6.45, 7) is 4.46. The SMILES string of the molecule is CC(C)N(CCCO)C(=O)c1cn[nH]n1. The second kappa shape index (κ2) is 5.45. The number of aliphatic hydroxyl groups is 1. The van der Waals surface area contributed by atoms with Gasteiger partial charge in [-0.1, -0.05) is 0 Å². The van der Waals surface area contributed by atoms with Gasteiger partial charge in [0.2, 0.25) is 0 Å². The molecule has 0 aliphatic rings. The van der Waals surface area contributed by atoms with E-state index in [4.69, 9.17) is 5.11 Å². The van der Waals surface area contributed by atoms with Crippen LogP contribution in [0.15, 0.2) is 6.20 Å². The highest BCUT2D eigenvalue weighted by atomic mass is 16.3. The van der Waals surface area contributed by atoms with Crippen molar-refractivity contribution in [2.45, 2.75) is 26.3 Å². The molecule has 0 radical (unpaired) electrons. The minimum atomic E-state index is -0.160. The number of nitrogens with zero attached hydrogens (tertiary/aromatic N) is 3. The van der Waals surface area contributed by atoms with E-state index in [0.29, 0.717) is 18.7 Å². The number of nitrogens with one attached hydrogen (secondary N) is 1. The van der Waals surface area contributed by atoms with Gasteiger partial charge in [0.1, 0.15) is 0 Å². The summed E-state index contributed by atoms with van der Waals surface area (Å²) in [4.78, 5) is 13.5. The molecule has 0 saturated carbocycles. The zero-order chi connectivity index (χ0) is 11.3. The van der Waals surface area contributed by atoms with Gasteiger partial charge in [-0.05, 0) is 20.3 Å². The van der Waals surface area contributed by atoms with Crippen molar-refractivity contribution in [2.75, 3.05) is 13.2 Å². The molecule has 1 rings (SSSR count). The Balaban J connectivity index is 2.67. The lowest BCUT2D eigenvalue weighted by molar-refractivity contribution is 0.0687. The van der Waals surface area contributed by atoms with Crippen LogP contribution in [-0.4, -0.2) is 50.5 Å². The number of H-pyrrole nitrogens is 1. The Kier molecular flexibility index (Phi) is 4.23. The number of amides is 1. The molecular formula is C9H16N4O2. The van der Waals surface area contributed by atoms with E-state index in [1.165, 1.54) is 6.20 Å². The molecule has 6 nitrogen and oxygen atoms in total. The number of aliphatic hydroxyl groups excluding tert-OH is 1. The van der Waals surface area contributed by atoms with Crippen molar-refractivity contribution in [3.05, 3.63) is 11.9 Å². The van der Waals surface area contributed by atoms with E-state index in [0.717, 1.165) is 0 Å². The largest absolute Gasteiger partial charge is 0.396 e. The fourth-order valence-electron chi connectivity index (χ4n) is 1.29. The minimum Gasteiger partial charge on any atom is -0.396 e. The van der Waals surface area contributed by atoms with Gasteiger partial charge in [0.25, 0.3) is 5.91 Å². The number of carbonyl (C=O) groups is 1. The van der Waals surface area contributed by atoms with Gasteiger partial charge in [-0.2, -0.15) is 15.4 Å². The molecule has 1 aromatic heterocycles. The van der Waals surface area contributed by atoms with Crippen molar-refractivity contribution >= 4 is 5.91 Å². The first kappa shape index (κ1) is 11.6. The molecule has 6 heteroatoms. The third-order valence-corrected chi connectivity index (χ3v) is 2.08. The van der Waals surface area contributed by atoms with E-state index >= 15 is 0 Å². The molecule has 15 heavy (non-hydrogen) atoms. The summed E-state index contributed by atoms with van der Waals surface area (Å²) in [7, 11) is 0. The lowest BCUT2D eigenvalue weighted by Crippen LogP contribution is -2.38. The first-order valence-corrected chi connectivity index (χ1v) is 4.94. The van der Waals surface area contributed by atoms with E-state index in [1.807, 2.05) is 13.8 Å². The second-order valence-corrected chi connectivity index (χ2v) is 3.52. The van der Waals surface area contributed by atoms with E-state index in [1.54, 1.807) is 4.90 Å². The molecule has 1 aromatic rings. The van der Waals surface area contributed by atoms with Gasteiger partial charge in [0.15, 0.2) is 5.69 Å². The Bertz CT molecular complexity index is 297. The first-order valence-electron chi connectivity index (χ1n) is 4.94. The van der Waals surface area contributed by atoms with E-state index in [2.05, 4.69) is 15.4 Å². The van der Waals surface area contributed by atoms with Gasteiger partial charge in [-0.25, -0.2) is 0 Å². The van der Waals surface area contributed by atoms with Crippen LogP contribution in [0, 0.1) is 0 Å². The summed E-state index contributed by atoms with van der Waals surface area (Å²) >= 11 is 0. The summed E-state index contributed by atoms with van der Waals surface area (Å²) in [6, 6.07) is 0.0840. The predicted molar refractivity (Wildman–Crippen MR) is 54.3 cm³/mol. The fraction of sp³-hybridized carbons (Fsp3) is 0.667. The molecule has 0 aromatic carbocycles. The van der Waals surface area contributed by atoms with Gasteiger partial charge in [-0.3, -0.25) is 4.79 Å². The van der Waals surface area contributed by atoms with Crippen LogP contribution in [0.4, 0.5) is 0 Å². The molecule has 1 heterocycles. The lowest BCUT2D eigenvalue weighted by Gasteiger charge is -2.25. The average molecular weight is 212 g/mol. The molecule has 0 aliphatic heterocycles. The van der Waals surface area contributed by atoms with Crippen molar-refractivity contribution in [3.8, 4) is 0 Å². The highest BCUT2D eigenvalue weighted by molar-refractivity contribution is 5.92. The molecule has 2 N–H and O–H groups in total. The number of hydrogen-bond donors (Lipinski definition) is 2. The van der Waals surface area contributed by atoms with Gasteiger partial charge in [0, 0.05) is 19.2 Å². The van der Waals surface area contributed by atoms with E-state index in [9.17, 15) is 4.79 Å². The first-order chi connectivity index (χ1) is 7.16.